The lowest BCUT2D eigenvalue weighted by molar-refractivity contribution is 0.0735. The zero-order chi connectivity index (χ0) is 31.0. The van der Waals surface area contributed by atoms with E-state index in [1.165, 1.54) is 0 Å². The topological polar surface area (TPSA) is 103 Å². The molecule has 3 aromatic carbocycles. The summed E-state index contributed by atoms with van der Waals surface area (Å²) >= 11 is 7.16. The molecule has 9 heteroatoms. The number of rotatable bonds is 7. The van der Waals surface area contributed by atoms with Crippen LogP contribution in [0.1, 0.15) is 74.0 Å². The summed E-state index contributed by atoms with van der Waals surface area (Å²) in [5, 5.41) is 8.31. The van der Waals surface area contributed by atoms with E-state index >= 15 is 0 Å². The molecule has 9 rings (SSSR count). The number of hydrogen-bond donors (Lipinski definition) is 1. The Bertz CT molecular complexity index is 1930. The fourth-order valence-corrected chi connectivity index (χ4v) is 8.35. The zero-order valence-corrected chi connectivity index (χ0v) is 25.8. The first kappa shape index (κ1) is 27.9. The van der Waals surface area contributed by atoms with Crippen molar-refractivity contribution in [2.75, 3.05) is 6.54 Å². The van der Waals surface area contributed by atoms with Crippen molar-refractivity contribution in [2.45, 2.75) is 57.0 Å². The van der Waals surface area contributed by atoms with E-state index in [0.29, 0.717) is 64.9 Å². The molecule has 2 unspecified atom stereocenters. The average molecular weight is 635 g/mol. The van der Waals surface area contributed by atoms with Crippen LogP contribution in [0.2, 0.25) is 5.02 Å². The number of halogens is 1. The highest BCUT2D eigenvalue weighted by Gasteiger charge is 2.72. The highest BCUT2D eigenvalue weighted by Crippen LogP contribution is 2.63. The minimum Gasteiger partial charge on any atom is -0.488 e. The van der Waals surface area contributed by atoms with Gasteiger partial charge in [-0.05, 0) is 71.6 Å². The van der Waals surface area contributed by atoms with Crippen molar-refractivity contribution in [3.8, 4) is 11.6 Å². The highest BCUT2D eigenvalue weighted by molar-refractivity contribution is 6.33. The first-order valence-corrected chi connectivity index (χ1v) is 16.3. The molecular weight excluding hydrogens is 604 g/mol. The minimum absolute atomic E-state index is 0.108. The Labute approximate surface area is 270 Å². The van der Waals surface area contributed by atoms with E-state index < -0.39 is 5.60 Å². The van der Waals surface area contributed by atoms with Crippen molar-refractivity contribution in [1.29, 1.82) is 0 Å². The molecule has 1 spiro atoms. The van der Waals surface area contributed by atoms with Gasteiger partial charge in [-0.2, -0.15) is 0 Å². The van der Waals surface area contributed by atoms with Gasteiger partial charge in [-0.1, -0.05) is 72.3 Å². The van der Waals surface area contributed by atoms with Crippen LogP contribution in [0.4, 0.5) is 0 Å². The van der Waals surface area contributed by atoms with Gasteiger partial charge in [0.15, 0.2) is 17.3 Å². The third-order valence-electron chi connectivity index (χ3n) is 10.2. The molecule has 0 saturated carbocycles. The second-order valence-electron chi connectivity index (χ2n) is 12.9. The Morgan fingerprint density at radius 1 is 0.957 bits per heavy atom. The Hall–Kier alpha value is -4.40. The quantitative estimate of drug-likeness (QED) is 0.223. The zero-order valence-electron chi connectivity index (χ0n) is 25.0. The minimum atomic E-state index is -1.19. The van der Waals surface area contributed by atoms with Gasteiger partial charge in [-0.25, -0.2) is 0 Å². The van der Waals surface area contributed by atoms with Gasteiger partial charge < -0.3 is 24.1 Å². The molecule has 4 atom stereocenters. The van der Waals surface area contributed by atoms with Crippen molar-refractivity contribution >= 4 is 23.2 Å². The number of allylic oxidation sites excluding steroid dienone is 1. The van der Waals surface area contributed by atoms with Gasteiger partial charge in [0, 0.05) is 29.0 Å². The van der Waals surface area contributed by atoms with Crippen LogP contribution >= 0.6 is 11.6 Å². The van der Waals surface area contributed by atoms with Crippen LogP contribution in [0, 0.1) is 11.8 Å². The van der Waals surface area contributed by atoms with E-state index in [1.54, 1.807) is 0 Å². The molecule has 0 bridgehead atoms. The molecule has 46 heavy (non-hydrogen) atoms. The fourth-order valence-electron chi connectivity index (χ4n) is 8.00. The van der Waals surface area contributed by atoms with Crippen LogP contribution in [0.5, 0.6) is 11.6 Å². The Balaban J connectivity index is 1.08. The van der Waals surface area contributed by atoms with Crippen LogP contribution in [-0.4, -0.2) is 28.9 Å². The summed E-state index contributed by atoms with van der Waals surface area (Å²) in [6.45, 7) is 1.49. The van der Waals surface area contributed by atoms with Gasteiger partial charge in [0.05, 0.1) is 5.56 Å². The Morgan fingerprint density at radius 2 is 1.70 bits per heavy atom. The number of nitrogens with zero attached hydrogens (tertiary/aromatic N) is 1. The summed E-state index contributed by atoms with van der Waals surface area (Å²) in [6.07, 6.45) is 3.68. The lowest BCUT2D eigenvalue weighted by Gasteiger charge is -2.36. The number of hydrogen-bond acceptors (Lipinski definition) is 8. The molecule has 8 nitrogen and oxygen atoms in total. The predicted molar refractivity (Wildman–Crippen MR) is 168 cm³/mol. The van der Waals surface area contributed by atoms with Gasteiger partial charge in [-0.3, -0.25) is 9.59 Å². The van der Waals surface area contributed by atoms with E-state index in [4.69, 9.17) is 30.3 Å². The molecule has 0 amide bonds. The summed E-state index contributed by atoms with van der Waals surface area (Å²) in [4.78, 5) is 28.7. The number of benzene rings is 3. The second kappa shape index (κ2) is 10.6. The predicted octanol–water partition coefficient (Wildman–Crippen LogP) is 6.75. The van der Waals surface area contributed by atoms with Crippen molar-refractivity contribution < 1.29 is 28.3 Å². The van der Waals surface area contributed by atoms with Gasteiger partial charge in [-0.15, -0.1) is 0 Å². The van der Waals surface area contributed by atoms with Crippen molar-refractivity contribution in [1.82, 2.24) is 10.5 Å². The monoisotopic (exact) mass is 634 g/mol. The Kier molecular flexibility index (Phi) is 6.41. The van der Waals surface area contributed by atoms with E-state index in [0.717, 1.165) is 41.6 Å². The summed E-state index contributed by atoms with van der Waals surface area (Å²) in [7, 11) is 0. The summed E-state index contributed by atoms with van der Waals surface area (Å²) in [6, 6.07) is 21.6. The van der Waals surface area contributed by atoms with Crippen LogP contribution in [0.25, 0.3) is 0 Å². The van der Waals surface area contributed by atoms with Crippen molar-refractivity contribution in [3.05, 3.63) is 122 Å². The number of nitrogens with one attached hydrogen (secondary N) is 1. The smallest absolute Gasteiger partial charge is 0.265 e. The number of carbonyl (C=O) groups is 2. The van der Waals surface area contributed by atoms with Gasteiger partial charge in [0.2, 0.25) is 11.4 Å². The molecule has 2 fully saturated rings. The molecule has 1 N–H and O–H groups in total. The Morgan fingerprint density at radius 3 is 2.41 bits per heavy atom. The molecule has 5 aliphatic rings. The number of ether oxygens (including phenoxy) is 3. The molecule has 4 aromatic rings. The summed E-state index contributed by atoms with van der Waals surface area (Å²) in [5.74, 6) is 0.945. The largest absolute Gasteiger partial charge is 0.488 e. The number of epoxide rings is 1. The summed E-state index contributed by atoms with van der Waals surface area (Å²) in [5.41, 5.74) is 3.91. The fraction of sp³-hybridized carbons (Fsp3) is 0.324. The van der Waals surface area contributed by atoms with E-state index in [9.17, 15) is 9.59 Å². The van der Waals surface area contributed by atoms with Gasteiger partial charge in [0.25, 0.3) is 5.88 Å². The van der Waals surface area contributed by atoms with Crippen LogP contribution in [0.15, 0.2) is 82.6 Å². The third-order valence-corrected chi connectivity index (χ3v) is 10.7. The second-order valence-corrected chi connectivity index (χ2v) is 13.3. The SMILES string of the molecule is O=C1C2=C3O[C@]34C(=O)c3c(OCc5ccccc5)noc3C[C@@H]4CC2Cc2c(Cl)c(C3CCCN3)cc(OCc3ccccc3)c21. The maximum Gasteiger partial charge on any atom is 0.265 e. The molecule has 2 saturated heterocycles. The van der Waals surface area contributed by atoms with Crippen LogP contribution < -0.4 is 14.8 Å². The van der Waals surface area contributed by atoms with E-state index in [-0.39, 0.29) is 41.9 Å². The van der Waals surface area contributed by atoms with Crippen molar-refractivity contribution in [2.24, 2.45) is 11.8 Å². The van der Waals surface area contributed by atoms with E-state index in [2.05, 4.69) is 10.5 Å². The third kappa shape index (κ3) is 4.19. The van der Waals surface area contributed by atoms with Gasteiger partial charge >= 0.3 is 0 Å². The normalized spacial score (nSPS) is 25.5. The lowest BCUT2D eigenvalue weighted by atomic mass is 9.63. The number of aromatic nitrogens is 1. The molecule has 1 aromatic heterocycles. The maximum absolute atomic E-state index is 14.5. The number of ketones is 2. The summed E-state index contributed by atoms with van der Waals surface area (Å²) < 4.78 is 24.3. The molecule has 232 valence electrons. The van der Waals surface area contributed by atoms with Gasteiger partial charge in [0.1, 0.15) is 24.5 Å². The number of carbonyl (C=O) groups excluding carboxylic acids is 2. The molecule has 2 aliphatic heterocycles. The lowest BCUT2D eigenvalue weighted by Crippen LogP contribution is -2.44. The molecule has 3 heterocycles. The average Bonchev–Trinajstić information content (AvgIpc) is 3.37. The molecular formula is C37H31ClN2O6. The highest BCUT2D eigenvalue weighted by atomic mass is 35.5. The number of Topliss-reactive ketones (excluding diaryl/α,β-unsaturated/α-hetero) is 2. The molecule has 3 aliphatic carbocycles. The number of fused-ring (bicyclic) bond motifs is 3. The first-order valence-electron chi connectivity index (χ1n) is 16.0. The van der Waals surface area contributed by atoms with Crippen molar-refractivity contribution in [3.63, 3.8) is 0 Å². The molecule has 0 radical (unpaired) electrons. The standard InChI is InChI=1S/C37H31ClN2O6/c38-32-24(26-12-7-13-39-26)17-27(43-18-20-8-3-1-4-9-20)30-25(32)15-22-14-23-16-28-31(34(42)37(23)35(45-37)29(22)33(30)41)36(40-46-28)44-19-21-10-5-2-6-11-21/h1-6,8-11,17,22-23,26,39H,7,12-16,18-19H2/t22?,23-,26?,37+/m0/s1. The van der Waals surface area contributed by atoms with Crippen LogP contribution in [0.3, 0.4) is 0 Å². The van der Waals surface area contributed by atoms with Crippen LogP contribution in [-0.2, 0) is 30.8 Å². The maximum atomic E-state index is 14.5. The first-order chi connectivity index (χ1) is 22.5. The van der Waals surface area contributed by atoms with E-state index in [1.807, 2.05) is 66.7 Å².